The standard InChI is InChI=1S/C16H15N3O/c1-11(12-6-3-2-4-7-12)19-16(20)14-10-18-15-13(14)8-5-9-17-15/h2-11H,1H3,(H,17,18)(H,19,20). The van der Waals surface area contributed by atoms with Gasteiger partial charge >= 0.3 is 0 Å². The molecule has 0 fully saturated rings. The number of hydrogen-bond acceptors (Lipinski definition) is 2. The molecule has 4 nitrogen and oxygen atoms in total. The number of H-pyrrole nitrogens is 1. The zero-order chi connectivity index (χ0) is 13.9. The van der Waals surface area contributed by atoms with Gasteiger partial charge in [0.05, 0.1) is 11.6 Å². The summed E-state index contributed by atoms with van der Waals surface area (Å²) in [7, 11) is 0. The molecule has 2 heterocycles. The van der Waals surface area contributed by atoms with Gasteiger partial charge in [-0.1, -0.05) is 30.3 Å². The molecule has 1 amide bonds. The Labute approximate surface area is 116 Å². The van der Waals surface area contributed by atoms with E-state index in [1.54, 1.807) is 12.4 Å². The van der Waals surface area contributed by atoms with Crippen LogP contribution in [0.5, 0.6) is 0 Å². The van der Waals surface area contributed by atoms with Crippen LogP contribution in [0, 0.1) is 0 Å². The second kappa shape index (κ2) is 5.17. The molecular weight excluding hydrogens is 250 g/mol. The first kappa shape index (κ1) is 12.4. The van der Waals surface area contributed by atoms with Crippen molar-refractivity contribution in [3.8, 4) is 0 Å². The lowest BCUT2D eigenvalue weighted by atomic mass is 10.1. The Kier molecular flexibility index (Phi) is 3.21. The van der Waals surface area contributed by atoms with Gasteiger partial charge in [0.15, 0.2) is 0 Å². The molecule has 0 aliphatic heterocycles. The van der Waals surface area contributed by atoms with Crippen LogP contribution in [0.4, 0.5) is 0 Å². The summed E-state index contributed by atoms with van der Waals surface area (Å²) < 4.78 is 0. The molecule has 3 rings (SSSR count). The second-order valence-corrected chi connectivity index (χ2v) is 4.71. The molecule has 0 saturated heterocycles. The first-order chi connectivity index (χ1) is 9.75. The number of carbonyl (C=O) groups is 1. The van der Waals surface area contributed by atoms with Crippen LogP contribution in [0.1, 0.15) is 28.9 Å². The smallest absolute Gasteiger partial charge is 0.253 e. The first-order valence-electron chi connectivity index (χ1n) is 6.53. The highest BCUT2D eigenvalue weighted by Crippen LogP contribution is 2.17. The average Bonchev–Trinajstić information content (AvgIpc) is 2.92. The van der Waals surface area contributed by atoms with Crippen molar-refractivity contribution in [2.24, 2.45) is 0 Å². The first-order valence-corrected chi connectivity index (χ1v) is 6.53. The van der Waals surface area contributed by atoms with Gasteiger partial charge in [0, 0.05) is 17.8 Å². The van der Waals surface area contributed by atoms with Crippen molar-refractivity contribution < 1.29 is 4.79 Å². The topological polar surface area (TPSA) is 57.8 Å². The van der Waals surface area contributed by atoms with Crippen LogP contribution in [0.15, 0.2) is 54.9 Å². The van der Waals surface area contributed by atoms with Crippen molar-refractivity contribution in [3.05, 3.63) is 66.0 Å². The van der Waals surface area contributed by atoms with Crippen molar-refractivity contribution in [2.45, 2.75) is 13.0 Å². The number of pyridine rings is 1. The molecule has 0 saturated carbocycles. The molecule has 0 aliphatic carbocycles. The summed E-state index contributed by atoms with van der Waals surface area (Å²) in [4.78, 5) is 19.5. The summed E-state index contributed by atoms with van der Waals surface area (Å²) in [5, 5.41) is 3.84. The van der Waals surface area contributed by atoms with Crippen molar-refractivity contribution >= 4 is 16.9 Å². The molecule has 2 N–H and O–H groups in total. The van der Waals surface area contributed by atoms with Gasteiger partial charge in [0.25, 0.3) is 5.91 Å². The number of nitrogens with zero attached hydrogens (tertiary/aromatic N) is 1. The predicted octanol–water partition coefficient (Wildman–Crippen LogP) is 3.05. The summed E-state index contributed by atoms with van der Waals surface area (Å²) in [6.45, 7) is 1.97. The summed E-state index contributed by atoms with van der Waals surface area (Å²) in [5.41, 5.74) is 2.43. The lowest BCUT2D eigenvalue weighted by molar-refractivity contribution is 0.0941. The van der Waals surface area contributed by atoms with E-state index in [1.807, 2.05) is 49.4 Å². The van der Waals surface area contributed by atoms with E-state index >= 15 is 0 Å². The number of carbonyl (C=O) groups excluding carboxylic acids is 1. The molecule has 2 aromatic heterocycles. The molecule has 3 aromatic rings. The molecule has 0 aliphatic rings. The summed E-state index contributed by atoms with van der Waals surface area (Å²) >= 11 is 0. The number of amides is 1. The fourth-order valence-electron chi connectivity index (χ4n) is 2.24. The number of benzene rings is 1. The Hall–Kier alpha value is -2.62. The van der Waals surface area contributed by atoms with Gasteiger partial charge in [-0.3, -0.25) is 4.79 Å². The van der Waals surface area contributed by atoms with E-state index < -0.39 is 0 Å². The third kappa shape index (κ3) is 2.28. The van der Waals surface area contributed by atoms with Crippen LogP contribution in [0.2, 0.25) is 0 Å². The fraction of sp³-hybridized carbons (Fsp3) is 0.125. The minimum absolute atomic E-state index is 0.0367. The number of aromatic amines is 1. The molecule has 1 atom stereocenters. The van der Waals surface area contributed by atoms with E-state index in [2.05, 4.69) is 15.3 Å². The van der Waals surface area contributed by atoms with Gasteiger partial charge < -0.3 is 10.3 Å². The van der Waals surface area contributed by atoms with Crippen LogP contribution in [0.3, 0.4) is 0 Å². The third-order valence-electron chi connectivity index (χ3n) is 3.34. The van der Waals surface area contributed by atoms with Gasteiger partial charge in [-0.15, -0.1) is 0 Å². The highest BCUT2D eigenvalue weighted by molar-refractivity contribution is 6.05. The molecular formula is C16H15N3O. The number of nitrogens with one attached hydrogen (secondary N) is 2. The Bertz CT molecular complexity index is 734. The van der Waals surface area contributed by atoms with Gasteiger partial charge in [-0.05, 0) is 24.6 Å². The molecule has 0 bridgehead atoms. The zero-order valence-electron chi connectivity index (χ0n) is 11.1. The van der Waals surface area contributed by atoms with E-state index in [9.17, 15) is 4.79 Å². The van der Waals surface area contributed by atoms with Crippen molar-refractivity contribution in [1.82, 2.24) is 15.3 Å². The summed E-state index contributed by atoms with van der Waals surface area (Å²) in [6.07, 6.45) is 3.40. The summed E-state index contributed by atoms with van der Waals surface area (Å²) in [5.74, 6) is -0.0967. The Morgan fingerprint density at radius 1 is 1.20 bits per heavy atom. The maximum Gasteiger partial charge on any atom is 0.253 e. The van der Waals surface area contributed by atoms with E-state index in [0.29, 0.717) is 5.56 Å². The number of hydrogen-bond donors (Lipinski definition) is 2. The molecule has 1 aromatic carbocycles. The van der Waals surface area contributed by atoms with Gasteiger partial charge in [0.1, 0.15) is 5.65 Å². The maximum absolute atomic E-state index is 12.3. The number of fused-ring (bicyclic) bond motifs is 1. The van der Waals surface area contributed by atoms with Crippen LogP contribution in [-0.4, -0.2) is 15.9 Å². The lowest BCUT2D eigenvalue weighted by Crippen LogP contribution is -2.26. The second-order valence-electron chi connectivity index (χ2n) is 4.71. The molecule has 20 heavy (non-hydrogen) atoms. The minimum Gasteiger partial charge on any atom is -0.345 e. The Balaban J connectivity index is 1.83. The highest BCUT2D eigenvalue weighted by Gasteiger charge is 2.15. The maximum atomic E-state index is 12.3. The van der Waals surface area contributed by atoms with Crippen molar-refractivity contribution in [2.75, 3.05) is 0 Å². The minimum atomic E-state index is -0.0967. The third-order valence-corrected chi connectivity index (χ3v) is 3.34. The SMILES string of the molecule is CC(NC(=O)c1c[nH]c2ncccc12)c1ccccc1. The Morgan fingerprint density at radius 3 is 2.80 bits per heavy atom. The van der Waals surface area contributed by atoms with Crippen molar-refractivity contribution in [1.29, 1.82) is 0 Å². The molecule has 4 heteroatoms. The fourth-order valence-corrected chi connectivity index (χ4v) is 2.24. The quantitative estimate of drug-likeness (QED) is 0.764. The molecule has 0 radical (unpaired) electrons. The van der Waals surface area contributed by atoms with Crippen LogP contribution >= 0.6 is 0 Å². The van der Waals surface area contributed by atoms with Crippen molar-refractivity contribution in [3.63, 3.8) is 0 Å². The van der Waals surface area contributed by atoms with E-state index in [1.165, 1.54) is 0 Å². The van der Waals surface area contributed by atoms with Crippen LogP contribution in [-0.2, 0) is 0 Å². The predicted molar refractivity (Wildman–Crippen MR) is 78.4 cm³/mol. The van der Waals surface area contributed by atoms with Gasteiger partial charge in [-0.25, -0.2) is 4.98 Å². The molecule has 1 unspecified atom stereocenters. The average molecular weight is 265 g/mol. The Morgan fingerprint density at radius 2 is 2.00 bits per heavy atom. The summed E-state index contributed by atoms with van der Waals surface area (Å²) in [6, 6.07) is 13.6. The molecule has 100 valence electrons. The largest absolute Gasteiger partial charge is 0.345 e. The van der Waals surface area contributed by atoms with Crippen LogP contribution in [0.25, 0.3) is 11.0 Å². The molecule has 0 spiro atoms. The van der Waals surface area contributed by atoms with E-state index in [-0.39, 0.29) is 11.9 Å². The monoisotopic (exact) mass is 265 g/mol. The number of rotatable bonds is 3. The lowest BCUT2D eigenvalue weighted by Gasteiger charge is -2.13. The van der Waals surface area contributed by atoms with Crippen LogP contribution < -0.4 is 5.32 Å². The zero-order valence-corrected chi connectivity index (χ0v) is 11.1. The normalized spacial score (nSPS) is 12.2. The van der Waals surface area contributed by atoms with E-state index in [4.69, 9.17) is 0 Å². The number of aromatic nitrogens is 2. The van der Waals surface area contributed by atoms with Gasteiger partial charge in [-0.2, -0.15) is 0 Å². The van der Waals surface area contributed by atoms with E-state index in [0.717, 1.165) is 16.6 Å². The highest BCUT2D eigenvalue weighted by atomic mass is 16.1. The van der Waals surface area contributed by atoms with Gasteiger partial charge in [0.2, 0.25) is 0 Å².